The van der Waals surface area contributed by atoms with E-state index in [9.17, 15) is 8.78 Å². The normalized spacial score (nSPS) is 10.8. The van der Waals surface area contributed by atoms with Crippen LogP contribution in [0.1, 0.15) is 10.4 Å². The number of nitrogens with one attached hydrogen (secondary N) is 1. The van der Waals surface area contributed by atoms with Crippen molar-refractivity contribution in [2.24, 2.45) is 0 Å². The fourth-order valence-corrected chi connectivity index (χ4v) is 3.13. The predicted octanol–water partition coefficient (Wildman–Crippen LogP) is 4.12. The molecular weight excluding hydrogens is 320 g/mol. The van der Waals surface area contributed by atoms with Gasteiger partial charge in [0.1, 0.15) is 11.6 Å². The molecule has 1 heterocycles. The Labute approximate surface area is 117 Å². The van der Waals surface area contributed by atoms with Gasteiger partial charge in [0.15, 0.2) is 0 Å². The lowest BCUT2D eigenvalue weighted by Crippen LogP contribution is -2.16. The molecule has 0 aliphatic carbocycles. The van der Waals surface area contributed by atoms with Gasteiger partial charge < -0.3 is 5.32 Å². The Morgan fingerprint density at radius 1 is 1.11 bits per heavy atom. The monoisotopic (exact) mass is 331 g/mol. The second-order valence-electron chi connectivity index (χ2n) is 3.91. The van der Waals surface area contributed by atoms with Crippen molar-refractivity contribution in [3.63, 3.8) is 0 Å². The molecule has 96 valence electrons. The van der Waals surface area contributed by atoms with Gasteiger partial charge in [-0.15, -0.1) is 11.3 Å². The van der Waals surface area contributed by atoms with Crippen molar-refractivity contribution in [2.75, 3.05) is 6.54 Å². The van der Waals surface area contributed by atoms with Crippen molar-refractivity contribution in [3.8, 4) is 0 Å². The lowest BCUT2D eigenvalue weighted by atomic mass is 10.2. The molecule has 2 aromatic rings. The summed E-state index contributed by atoms with van der Waals surface area (Å²) in [5.41, 5.74) is 0.625. The maximum absolute atomic E-state index is 12.9. The van der Waals surface area contributed by atoms with Gasteiger partial charge in [-0.2, -0.15) is 0 Å². The van der Waals surface area contributed by atoms with Crippen molar-refractivity contribution < 1.29 is 8.78 Å². The fourth-order valence-electron chi connectivity index (χ4n) is 1.64. The first-order valence-electron chi connectivity index (χ1n) is 5.53. The molecule has 5 heteroatoms. The first-order chi connectivity index (χ1) is 8.63. The molecule has 0 spiro atoms. The van der Waals surface area contributed by atoms with Gasteiger partial charge in [-0.1, -0.05) is 0 Å². The molecule has 1 aromatic carbocycles. The van der Waals surface area contributed by atoms with Crippen molar-refractivity contribution in [1.82, 2.24) is 5.32 Å². The number of rotatable bonds is 5. The number of halogens is 3. The van der Waals surface area contributed by atoms with Crippen LogP contribution in [0.25, 0.3) is 0 Å². The van der Waals surface area contributed by atoms with Crippen LogP contribution in [-0.4, -0.2) is 6.54 Å². The second-order valence-corrected chi connectivity index (χ2v) is 6.46. The summed E-state index contributed by atoms with van der Waals surface area (Å²) >= 11 is 5.10. The van der Waals surface area contributed by atoms with Gasteiger partial charge in [0.25, 0.3) is 0 Å². The Balaban J connectivity index is 1.78. The average molecular weight is 332 g/mol. The summed E-state index contributed by atoms with van der Waals surface area (Å²) in [5.74, 6) is -1.07. The number of hydrogen-bond acceptors (Lipinski definition) is 2. The summed E-state index contributed by atoms with van der Waals surface area (Å²) in [6, 6.07) is 7.66. The van der Waals surface area contributed by atoms with Gasteiger partial charge in [0.05, 0.1) is 3.79 Å². The summed E-state index contributed by atoms with van der Waals surface area (Å²) < 4.78 is 27.0. The maximum atomic E-state index is 12.9. The Morgan fingerprint density at radius 3 is 2.44 bits per heavy atom. The zero-order valence-corrected chi connectivity index (χ0v) is 12.0. The zero-order chi connectivity index (χ0) is 13.0. The predicted molar refractivity (Wildman–Crippen MR) is 73.8 cm³/mol. The van der Waals surface area contributed by atoms with Gasteiger partial charge in [0, 0.05) is 24.0 Å². The van der Waals surface area contributed by atoms with E-state index in [4.69, 9.17) is 0 Å². The van der Waals surface area contributed by atoms with Crippen molar-refractivity contribution in [2.45, 2.75) is 13.0 Å². The van der Waals surface area contributed by atoms with E-state index < -0.39 is 11.6 Å². The molecule has 1 nitrogen and oxygen atoms in total. The smallest absolute Gasteiger partial charge is 0.126 e. The zero-order valence-electron chi connectivity index (χ0n) is 9.55. The largest absolute Gasteiger partial charge is 0.312 e. The van der Waals surface area contributed by atoms with Crippen molar-refractivity contribution in [3.05, 3.63) is 56.2 Å². The Bertz CT molecular complexity index is 507. The van der Waals surface area contributed by atoms with Gasteiger partial charge in [-0.25, -0.2) is 8.78 Å². The topological polar surface area (TPSA) is 12.0 Å². The van der Waals surface area contributed by atoms with Crippen molar-refractivity contribution in [1.29, 1.82) is 0 Å². The highest BCUT2D eigenvalue weighted by atomic mass is 79.9. The van der Waals surface area contributed by atoms with Gasteiger partial charge >= 0.3 is 0 Å². The van der Waals surface area contributed by atoms with Crippen LogP contribution < -0.4 is 5.32 Å². The molecule has 0 saturated carbocycles. The first kappa shape index (κ1) is 13.6. The first-order valence-corrected chi connectivity index (χ1v) is 7.14. The molecule has 0 fully saturated rings. The summed E-state index contributed by atoms with van der Waals surface area (Å²) in [4.78, 5) is 1.28. The summed E-state index contributed by atoms with van der Waals surface area (Å²) in [6.45, 7) is 1.26. The lowest BCUT2D eigenvalue weighted by Gasteiger charge is -2.04. The summed E-state index contributed by atoms with van der Waals surface area (Å²) in [7, 11) is 0. The molecule has 2 rings (SSSR count). The third-order valence-electron chi connectivity index (χ3n) is 2.43. The minimum Gasteiger partial charge on any atom is -0.312 e. The van der Waals surface area contributed by atoms with E-state index in [1.807, 2.05) is 6.07 Å². The molecule has 0 amide bonds. The highest BCUT2D eigenvalue weighted by Gasteiger charge is 2.01. The minimum atomic E-state index is -0.533. The number of hydrogen-bond donors (Lipinski definition) is 1. The van der Waals surface area contributed by atoms with E-state index in [1.165, 1.54) is 17.0 Å². The molecule has 0 radical (unpaired) electrons. The van der Waals surface area contributed by atoms with Gasteiger partial charge in [0.2, 0.25) is 0 Å². The number of benzene rings is 1. The van der Waals surface area contributed by atoms with Crippen molar-refractivity contribution >= 4 is 27.3 Å². The quantitative estimate of drug-likeness (QED) is 0.812. The maximum Gasteiger partial charge on any atom is 0.126 e. The second kappa shape index (κ2) is 6.41. The van der Waals surface area contributed by atoms with Gasteiger partial charge in [-0.3, -0.25) is 0 Å². The third-order valence-corrected chi connectivity index (χ3v) is 4.11. The van der Waals surface area contributed by atoms with Crippen LogP contribution in [-0.2, 0) is 13.0 Å². The molecule has 1 N–H and O–H groups in total. The van der Waals surface area contributed by atoms with Crippen LogP contribution in [0.2, 0.25) is 0 Å². The molecule has 0 aliphatic rings. The molecular formula is C13H12BrF2NS. The standard InChI is InChI=1S/C13H12BrF2NS/c14-13-2-1-12(18-13)3-4-17-8-9-5-10(15)7-11(16)6-9/h1-2,5-7,17H,3-4,8H2. The molecule has 0 aliphatic heterocycles. The van der Waals surface area contributed by atoms with Crippen LogP contribution in [0, 0.1) is 11.6 Å². The van der Waals surface area contributed by atoms with E-state index >= 15 is 0 Å². The van der Waals surface area contributed by atoms with Crippen LogP contribution >= 0.6 is 27.3 Å². The Kier molecular flexibility index (Phi) is 4.86. The Hall–Kier alpha value is -0.780. The minimum absolute atomic E-state index is 0.473. The molecule has 0 atom stereocenters. The summed E-state index contributed by atoms with van der Waals surface area (Å²) in [6.07, 6.45) is 0.911. The molecule has 0 saturated heterocycles. The highest BCUT2D eigenvalue weighted by molar-refractivity contribution is 9.11. The number of thiophene rings is 1. The van der Waals surface area contributed by atoms with E-state index in [1.54, 1.807) is 11.3 Å². The van der Waals surface area contributed by atoms with Gasteiger partial charge in [-0.05, 0) is 52.2 Å². The lowest BCUT2D eigenvalue weighted by molar-refractivity contribution is 0.575. The van der Waals surface area contributed by atoms with Crippen LogP contribution in [0.4, 0.5) is 8.78 Å². The molecule has 18 heavy (non-hydrogen) atoms. The fraction of sp³-hybridized carbons (Fsp3) is 0.231. The SMILES string of the molecule is Fc1cc(F)cc(CNCCc2ccc(Br)s2)c1. The Morgan fingerprint density at radius 2 is 1.83 bits per heavy atom. The highest BCUT2D eigenvalue weighted by Crippen LogP contribution is 2.22. The van der Waals surface area contributed by atoms with Crippen LogP contribution in [0.5, 0.6) is 0 Å². The molecule has 0 bridgehead atoms. The molecule has 1 aromatic heterocycles. The van der Waals surface area contributed by atoms with E-state index in [0.717, 1.165) is 22.8 Å². The van der Waals surface area contributed by atoms with Crippen LogP contribution in [0.3, 0.4) is 0 Å². The molecule has 0 unspecified atom stereocenters. The third kappa shape index (κ3) is 4.15. The van der Waals surface area contributed by atoms with E-state index in [-0.39, 0.29) is 0 Å². The van der Waals surface area contributed by atoms with E-state index in [2.05, 4.69) is 27.3 Å². The van der Waals surface area contributed by atoms with Crippen LogP contribution in [0.15, 0.2) is 34.1 Å². The summed E-state index contributed by atoms with van der Waals surface area (Å²) in [5, 5.41) is 3.17. The average Bonchev–Trinajstić information content (AvgIpc) is 2.69. The van der Waals surface area contributed by atoms with E-state index in [0.29, 0.717) is 12.1 Å².